The number of rotatable bonds is 10. The van der Waals surface area contributed by atoms with Crippen LogP contribution in [-0.4, -0.2) is 43.8 Å². The summed E-state index contributed by atoms with van der Waals surface area (Å²) >= 11 is 12.3. The number of nitrogens with one attached hydrogen (secondary N) is 1. The molecule has 2 amide bonds. The normalized spacial score (nSPS) is 12.2. The minimum atomic E-state index is -4.16. The Labute approximate surface area is 234 Å². The maximum atomic E-state index is 13.9. The number of amides is 2. The van der Waals surface area contributed by atoms with Gasteiger partial charge in [-0.05, 0) is 75.2 Å². The van der Waals surface area contributed by atoms with E-state index in [9.17, 15) is 18.0 Å². The lowest BCUT2D eigenvalue weighted by molar-refractivity contribution is -0.139. The molecule has 7 nitrogen and oxygen atoms in total. The molecule has 10 heteroatoms. The van der Waals surface area contributed by atoms with Gasteiger partial charge in [-0.3, -0.25) is 13.9 Å². The van der Waals surface area contributed by atoms with Crippen molar-refractivity contribution in [3.63, 3.8) is 0 Å². The zero-order chi connectivity index (χ0) is 28.0. The summed E-state index contributed by atoms with van der Waals surface area (Å²) in [5.41, 5.74) is 1.64. The van der Waals surface area contributed by atoms with Crippen LogP contribution in [0.5, 0.6) is 0 Å². The molecule has 0 radical (unpaired) electrons. The zero-order valence-electron chi connectivity index (χ0n) is 21.7. The first-order valence-corrected chi connectivity index (χ1v) is 14.3. The Hall–Kier alpha value is -3.07. The first kappa shape index (κ1) is 29.5. The van der Waals surface area contributed by atoms with Crippen LogP contribution in [0, 0.1) is 6.92 Å². The number of hydrogen-bond donors (Lipinski definition) is 1. The molecule has 38 heavy (non-hydrogen) atoms. The monoisotopic (exact) mass is 575 g/mol. The van der Waals surface area contributed by atoms with Crippen molar-refractivity contribution in [2.45, 2.75) is 51.2 Å². The topological polar surface area (TPSA) is 86.8 Å². The predicted molar refractivity (Wildman–Crippen MR) is 152 cm³/mol. The molecule has 0 aliphatic heterocycles. The third-order valence-electron chi connectivity index (χ3n) is 5.91. The van der Waals surface area contributed by atoms with Crippen LogP contribution in [0.3, 0.4) is 0 Å². The highest BCUT2D eigenvalue weighted by Crippen LogP contribution is 2.30. The van der Waals surface area contributed by atoms with Gasteiger partial charge in [0.2, 0.25) is 11.8 Å². The molecule has 0 bridgehead atoms. The predicted octanol–water partition coefficient (Wildman–Crippen LogP) is 5.44. The summed E-state index contributed by atoms with van der Waals surface area (Å²) in [5, 5.41) is 3.69. The molecule has 0 heterocycles. The smallest absolute Gasteiger partial charge is 0.264 e. The summed E-state index contributed by atoms with van der Waals surface area (Å²) in [7, 11) is -4.16. The second-order valence-electron chi connectivity index (χ2n) is 9.24. The number of aryl methyl sites for hydroxylation is 1. The highest BCUT2D eigenvalue weighted by molar-refractivity contribution is 7.92. The molecule has 0 unspecified atom stereocenters. The largest absolute Gasteiger partial charge is 0.352 e. The molecular weight excluding hydrogens is 545 g/mol. The molecule has 0 saturated carbocycles. The standard InChI is InChI=1S/C28H31Cl2N3O4S/c1-19(2)31-28(35)21(4)32(17-22-11-14-23(29)15-12-22)27(34)18-33(26-16-24(30)13-10-20(26)3)38(36,37)25-8-6-5-7-9-25/h5-16,19,21H,17-18H2,1-4H3,(H,31,35)/t21-/m0/s1. The third-order valence-corrected chi connectivity index (χ3v) is 8.18. The van der Waals surface area contributed by atoms with E-state index >= 15 is 0 Å². The van der Waals surface area contributed by atoms with Gasteiger partial charge in [0.1, 0.15) is 12.6 Å². The van der Waals surface area contributed by atoms with Gasteiger partial charge in [-0.2, -0.15) is 0 Å². The molecule has 3 aromatic rings. The summed E-state index contributed by atoms with van der Waals surface area (Å²) in [5.74, 6) is -0.899. The summed E-state index contributed by atoms with van der Waals surface area (Å²) < 4.78 is 28.7. The van der Waals surface area contributed by atoms with Crippen LogP contribution in [0.25, 0.3) is 0 Å². The van der Waals surface area contributed by atoms with E-state index in [1.165, 1.54) is 23.1 Å². The van der Waals surface area contributed by atoms with E-state index in [2.05, 4.69) is 5.32 Å². The number of carbonyl (C=O) groups excluding carboxylic acids is 2. The van der Waals surface area contributed by atoms with Crippen LogP contribution >= 0.6 is 23.2 Å². The molecule has 0 saturated heterocycles. The molecular formula is C28H31Cl2N3O4S. The summed E-state index contributed by atoms with van der Waals surface area (Å²) in [4.78, 5) is 28.2. The van der Waals surface area contributed by atoms with Crippen molar-refractivity contribution in [3.05, 3.63) is 94.0 Å². The molecule has 3 aromatic carbocycles. The molecule has 3 rings (SSSR count). The van der Waals surface area contributed by atoms with Crippen molar-refractivity contribution in [2.75, 3.05) is 10.8 Å². The number of sulfonamides is 1. The van der Waals surface area contributed by atoms with Crippen molar-refractivity contribution in [2.24, 2.45) is 0 Å². The van der Waals surface area contributed by atoms with Gasteiger partial charge in [-0.1, -0.05) is 59.6 Å². The number of anilines is 1. The van der Waals surface area contributed by atoms with Crippen LogP contribution < -0.4 is 9.62 Å². The van der Waals surface area contributed by atoms with Gasteiger partial charge < -0.3 is 10.2 Å². The van der Waals surface area contributed by atoms with Gasteiger partial charge in [0.25, 0.3) is 10.0 Å². The number of halogens is 2. The van der Waals surface area contributed by atoms with Crippen molar-refractivity contribution >= 4 is 50.7 Å². The van der Waals surface area contributed by atoms with E-state index in [1.54, 1.807) is 68.4 Å². The quantitative estimate of drug-likeness (QED) is 0.348. The first-order chi connectivity index (χ1) is 17.9. The lowest BCUT2D eigenvalue weighted by atomic mass is 10.1. The fraction of sp³-hybridized carbons (Fsp3) is 0.286. The Morgan fingerprint density at radius 1 is 0.895 bits per heavy atom. The van der Waals surface area contributed by atoms with Gasteiger partial charge in [0, 0.05) is 22.6 Å². The van der Waals surface area contributed by atoms with Gasteiger partial charge in [-0.15, -0.1) is 0 Å². The maximum Gasteiger partial charge on any atom is 0.264 e. The van der Waals surface area contributed by atoms with E-state index in [-0.39, 0.29) is 29.1 Å². The third kappa shape index (κ3) is 7.28. The minimum Gasteiger partial charge on any atom is -0.352 e. The second-order valence-corrected chi connectivity index (χ2v) is 12.0. The Balaban J connectivity index is 2.06. The summed E-state index contributed by atoms with van der Waals surface area (Å²) in [6, 6.07) is 18.6. The molecule has 0 aliphatic rings. The van der Waals surface area contributed by atoms with E-state index in [1.807, 2.05) is 13.8 Å². The van der Waals surface area contributed by atoms with E-state index in [4.69, 9.17) is 23.2 Å². The highest BCUT2D eigenvalue weighted by Gasteiger charge is 2.33. The molecule has 1 atom stereocenters. The Morgan fingerprint density at radius 3 is 2.11 bits per heavy atom. The van der Waals surface area contributed by atoms with Gasteiger partial charge in [0.05, 0.1) is 10.6 Å². The molecule has 0 fully saturated rings. The van der Waals surface area contributed by atoms with Crippen LogP contribution in [0.4, 0.5) is 5.69 Å². The second kappa shape index (κ2) is 12.7. The van der Waals surface area contributed by atoms with Gasteiger partial charge >= 0.3 is 0 Å². The van der Waals surface area contributed by atoms with Crippen molar-refractivity contribution in [3.8, 4) is 0 Å². The van der Waals surface area contributed by atoms with Crippen LogP contribution in [0.2, 0.25) is 10.0 Å². The number of benzene rings is 3. The number of nitrogens with zero attached hydrogens (tertiary/aromatic N) is 2. The SMILES string of the molecule is Cc1ccc(Cl)cc1N(CC(=O)N(Cc1ccc(Cl)cc1)[C@@H](C)C(=O)NC(C)C)S(=O)(=O)c1ccccc1. The fourth-order valence-corrected chi connectivity index (χ4v) is 5.64. The minimum absolute atomic E-state index is 0.0297. The summed E-state index contributed by atoms with van der Waals surface area (Å²) in [6.45, 7) is 6.56. The Morgan fingerprint density at radius 2 is 1.50 bits per heavy atom. The molecule has 0 aromatic heterocycles. The average molecular weight is 577 g/mol. The molecule has 0 aliphatic carbocycles. The lowest BCUT2D eigenvalue weighted by Gasteiger charge is -2.32. The van der Waals surface area contributed by atoms with Crippen LogP contribution in [0.1, 0.15) is 31.9 Å². The average Bonchev–Trinajstić information content (AvgIpc) is 2.88. The Bertz CT molecular complexity index is 1380. The highest BCUT2D eigenvalue weighted by atomic mass is 35.5. The number of carbonyl (C=O) groups is 2. The van der Waals surface area contributed by atoms with E-state index < -0.39 is 28.5 Å². The first-order valence-electron chi connectivity index (χ1n) is 12.1. The van der Waals surface area contributed by atoms with Crippen LogP contribution in [0.15, 0.2) is 77.7 Å². The van der Waals surface area contributed by atoms with Gasteiger partial charge in [-0.25, -0.2) is 8.42 Å². The van der Waals surface area contributed by atoms with Crippen molar-refractivity contribution in [1.29, 1.82) is 0 Å². The van der Waals surface area contributed by atoms with Gasteiger partial charge in [0.15, 0.2) is 0 Å². The Kier molecular flexibility index (Phi) is 9.82. The van der Waals surface area contributed by atoms with Crippen LogP contribution in [-0.2, 0) is 26.2 Å². The van der Waals surface area contributed by atoms with E-state index in [0.29, 0.717) is 15.6 Å². The number of hydrogen-bond acceptors (Lipinski definition) is 4. The van der Waals surface area contributed by atoms with Crippen molar-refractivity contribution < 1.29 is 18.0 Å². The fourth-order valence-electron chi connectivity index (χ4n) is 3.86. The summed E-state index contributed by atoms with van der Waals surface area (Å²) in [6.07, 6.45) is 0. The molecule has 202 valence electrons. The zero-order valence-corrected chi connectivity index (χ0v) is 24.0. The molecule has 0 spiro atoms. The molecule has 1 N–H and O–H groups in total. The lowest BCUT2D eigenvalue weighted by Crippen LogP contribution is -2.52. The van der Waals surface area contributed by atoms with Crippen molar-refractivity contribution in [1.82, 2.24) is 10.2 Å². The maximum absolute atomic E-state index is 13.9. The van der Waals surface area contributed by atoms with E-state index in [0.717, 1.165) is 9.87 Å².